The monoisotopic (exact) mass is 452 g/mol. The molecule has 0 saturated heterocycles. The van der Waals surface area contributed by atoms with E-state index in [1.165, 1.54) is 12.1 Å². The molecule has 0 unspecified atom stereocenters. The van der Waals surface area contributed by atoms with E-state index in [0.717, 1.165) is 21.5 Å². The van der Waals surface area contributed by atoms with Gasteiger partial charge in [0.25, 0.3) is 0 Å². The number of aromatic nitrogens is 2. The minimum atomic E-state index is -0.976. The molecule has 166 valence electrons. The zero-order valence-corrected chi connectivity index (χ0v) is 17.5. The summed E-state index contributed by atoms with van der Waals surface area (Å²) in [6.07, 6.45) is 0. The second-order valence-electron chi connectivity index (χ2n) is 7.47. The Bertz CT molecular complexity index is 1450. The van der Waals surface area contributed by atoms with Gasteiger partial charge >= 0.3 is 11.9 Å². The fourth-order valence-corrected chi connectivity index (χ4v) is 3.50. The molecule has 0 amide bonds. The summed E-state index contributed by atoms with van der Waals surface area (Å²) in [5, 5.41) is 29.6. The van der Waals surface area contributed by atoms with Crippen molar-refractivity contribution in [3.8, 4) is 23.3 Å². The van der Waals surface area contributed by atoms with Crippen LogP contribution < -0.4 is 9.47 Å². The summed E-state index contributed by atoms with van der Waals surface area (Å²) in [4.78, 5) is 22.2. The summed E-state index contributed by atoms with van der Waals surface area (Å²) in [6, 6.07) is 23.6. The molecule has 34 heavy (non-hydrogen) atoms. The van der Waals surface area contributed by atoms with E-state index < -0.39 is 11.9 Å². The zero-order valence-electron chi connectivity index (χ0n) is 17.5. The highest BCUT2D eigenvalue weighted by atomic mass is 16.5. The van der Waals surface area contributed by atoms with E-state index in [4.69, 9.17) is 19.7 Å². The lowest BCUT2D eigenvalue weighted by molar-refractivity contribution is 0.0686. The van der Waals surface area contributed by atoms with Gasteiger partial charge in [0.1, 0.15) is 11.5 Å². The Morgan fingerprint density at radius 2 is 0.912 bits per heavy atom. The van der Waals surface area contributed by atoms with Crippen molar-refractivity contribution in [1.82, 2.24) is 10.2 Å². The van der Waals surface area contributed by atoms with Gasteiger partial charge in [-0.3, -0.25) is 0 Å². The summed E-state index contributed by atoms with van der Waals surface area (Å²) < 4.78 is 11.5. The van der Waals surface area contributed by atoms with Crippen LogP contribution in [0, 0.1) is 0 Å². The molecule has 5 aromatic rings. The Balaban J connectivity index is 1.30. The largest absolute Gasteiger partial charge is 0.478 e. The Morgan fingerprint density at radius 1 is 0.529 bits per heavy atom. The molecule has 0 saturated carbocycles. The number of hydrogen-bond acceptors (Lipinski definition) is 6. The van der Waals surface area contributed by atoms with Gasteiger partial charge in [-0.2, -0.15) is 0 Å². The van der Waals surface area contributed by atoms with Crippen LogP contribution in [0.5, 0.6) is 23.3 Å². The maximum Gasteiger partial charge on any atom is 0.335 e. The van der Waals surface area contributed by atoms with E-state index >= 15 is 0 Å². The molecule has 8 heteroatoms. The van der Waals surface area contributed by atoms with Gasteiger partial charge in [-0.05, 0) is 70.1 Å². The van der Waals surface area contributed by atoms with Crippen molar-refractivity contribution in [2.24, 2.45) is 0 Å². The number of fused-ring (bicyclic) bond motifs is 2. The summed E-state index contributed by atoms with van der Waals surface area (Å²) in [6.45, 7) is 0. The number of hydrogen-bond donors (Lipinski definition) is 2. The van der Waals surface area contributed by atoms with Crippen LogP contribution in [0.4, 0.5) is 0 Å². The third-order valence-corrected chi connectivity index (χ3v) is 5.18. The molecule has 5 rings (SSSR count). The van der Waals surface area contributed by atoms with Crippen LogP contribution in [-0.2, 0) is 0 Å². The van der Waals surface area contributed by atoms with Gasteiger partial charge in [-0.25, -0.2) is 9.59 Å². The molecule has 1 aromatic heterocycles. The third kappa shape index (κ3) is 4.33. The van der Waals surface area contributed by atoms with Crippen LogP contribution in [0.2, 0.25) is 0 Å². The fraction of sp³-hybridized carbons (Fsp3) is 0. The SMILES string of the molecule is O=C(O)c1ccc2cc(Oc3ccc(Oc4ccc5cc(C(=O)O)ccc5c4)nn3)ccc2c1. The van der Waals surface area contributed by atoms with Gasteiger partial charge in [0.05, 0.1) is 11.1 Å². The molecule has 0 bridgehead atoms. The van der Waals surface area contributed by atoms with Gasteiger partial charge in [-0.1, -0.05) is 24.3 Å². The van der Waals surface area contributed by atoms with Crippen LogP contribution in [0.3, 0.4) is 0 Å². The predicted octanol–water partition coefficient (Wildman–Crippen LogP) is 5.76. The van der Waals surface area contributed by atoms with E-state index in [1.54, 1.807) is 72.8 Å². The standard InChI is InChI=1S/C26H16N2O6/c29-25(30)19-3-1-17-13-21(7-5-15(17)11-19)33-23-9-10-24(28-27-23)34-22-8-6-16-12-20(26(31)32)4-2-18(16)14-22/h1-14H,(H,29,30)(H,31,32). The molecule has 0 aliphatic heterocycles. The molecule has 2 N–H and O–H groups in total. The highest BCUT2D eigenvalue weighted by Crippen LogP contribution is 2.28. The minimum absolute atomic E-state index is 0.221. The van der Waals surface area contributed by atoms with Crippen molar-refractivity contribution in [3.63, 3.8) is 0 Å². The van der Waals surface area contributed by atoms with Crippen molar-refractivity contribution < 1.29 is 29.3 Å². The average molecular weight is 452 g/mol. The number of ether oxygens (including phenoxy) is 2. The number of benzene rings is 4. The Kier molecular flexibility index (Phi) is 5.23. The Morgan fingerprint density at radius 3 is 1.29 bits per heavy atom. The lowest BCUT2D eigenvalue weighted by atomic mass is 10.1. The van der Waals surface area contributed by atoms with Gasteiger partial charge in [0.2, 0.25) is 11.8 Å². The molecule has 1 heterocycles. The molecule has 0 aliphatic rings. The van der Waals surface area contributed by atoms with Crippen molar-refractivity contribution in [2.45, 2.75) is 0 Å². The topological polar surface area (TPSA) is 119 Å². The number of rotatable bonds is 6. The molecular formula is C26H16N2O6. The molecule has 0 atom stereocenters. The molecule has 8 nitrogen and oxygen atoms in total. The molecule has 0 aliphatic carbocycles. The normalized spacial score (nSPS) is 10.8. The van der Waals surface area contributed by atoms with Gasteiger partial charge in [-0.15, -0.1) is 10.2 Å². The molecule has 4 aromatic carbocycles. The second-order valence-corrected chi connectivity index (χ2v) is 7.47. The first-order valence-electron chi connectivity index (χ1n) is 10.2. The van der Waals surface area contributed by atoms with E-state index in [-0.39, 0.29) is 22.9 Å². The van der Waals surface area contributed by atoms with E-state index in [1.807, 2.05) is 0 Å². The minimum Gasteiger partial charge on any atom is -0.478 e. The fourth-order valence-electron chi connectivity index (χ4n) is 3.50. The summed E-state index contributed by atoms with van der Waals surface area (Å²) >= 11 is 0. The van der Waals surface area contributed by atoms with Gasteiger partial charge in [0.15, 0.2) is 0 Å². The van der Waals surface area contributed by atoms with Crippen molar-refractivity contribution in [3.05, 3.63) is 96.1 Å². The maximum atomic E-state index is 11.1. The van der Waals surface area contributed by atoms with Crippen LogP contribution in [0.1, 0.15) is 20.7 Å². The van der Waals surface area contributed by atoms with Gasteiger partial charge in [0, 0.05) is 12.1 Å². The number of nitrogens with zero attached hydrogens (tertiary/aromatic N) is 2. The highest BCUT2D eigenvalue weighted by Gasteiger charge is 2.08. The first-order chi connectivity index (χ1) is 16.4. The average Bonchev–Trinajstić information content (AvgIpc) is 2.84. The molecule has 0 fully saturated rings. The number of carboxylic acid groups (broad SMARTS) is 2. The van der Waals surface area contributed by atoms with Crippen LogP contribution in [0.15, 0.2) is 84.9 Å². The van der Waals surface area contributed by atoms with E-state index in [2.05, 4.69) is 10.2 Å². The van der Waals surface area contributed by atoms with Gasteiger partial charge < -0.3 is 19.7 Å². The van der Waals surface area contributed by atoms with Crippen LogP contribution in [-0.4, -0.2) is 32.3 Å². The smallest absolute Gasteiger partial charge is 0.335 e. The summed E-state index contributed by atoms with van der Waals surface area (Å²) in [7, 11) is 0. The predicted molar refractivity (Wildman–Crippen MR) is 124 cm³/mol. The zero-order chi connectivity index (χ0) is 23.7. The van der Waals surface area contributed by atoms with Crippen molar-refractivity contribution in [1.29, 1.82) is 0 Å². The molecule has 0 radical (unpaired) electrons. The lowest BCUT2D eigenvalue weighted by Gasteiger charge is -2.08. The van der Waals surface area contributed by atoms with Crippen molar-refractivity contribution in [2.75, 3.05) is 0 Å². The Hall–Kier alpha value is -4.98. The molecule has 0 spiro atoms. The maximum absolute atomic E-state index is 11.1. The summed E-state index contributed by atoms with van der Waals surface area (Å²) in [5.74, 6) is -0.337. The number of carbonyl (C=O) groups is 2. The first-order valence-corrected chi connectivity index (χ1v) is 10.2. The third-order valence-electron chi connectivity index (χ3n) is 5.18. The quantitative estimate of drug-likeness (QED) is 0.334. The summed E-state index contributed by atoms with van der Waals surface area (Å²) in [5.41, 5.74) is 0.443. The van der Waals surface area contributed by atoms with Crippen LogP contribution >= 0.6 is 0 Å². The highest BCUT2D eigenvalue weighted by molar-refractivity contribution is 5.95. The Labute approximate surface area is 192 Å². The van der Waals surface area contributed by atoms with E-state index in [9.17, 15) is 9.59 Å². The number of aromatic carboxylic acids is 2. The van der Waals surface area contributed by atoms with E-state index in [0.29, 0.717) is 11.5 Å². The molecular weight excluding hydrogens is 436 g/mol. The van der Waals surface area contributed by atoms with Crippen molar-refractivity contribution >= 4 is 33.5 Å². The number of carboxylic acids is 2. The first kappa shape index (κ1) is 20.9. The lowest BCUT2D eigenvalue weighted by Crippen LogP contribution is -1.96. The second kappa shape index (κ2) is 8.51. The van der Waals surface area contributed by atoms with Crippen LogP contribution in [0.25, 0.3) is 21.5 Å².